The van der Waals surface area contributed by atoms with Crippen LogP contribution >= 0.6 is 11.6 Å². The van der Waals surface area contributed by atoms with Crippen LogP contribution in [0, 0.1) is 0 Å². The van der Waals surface area contributed by atoms with Gasteiger partial charge < -0.3 is 14.8 Å². The minimum absolute atomic E-state index is 0.0614. The summed E-state index contributed by atoms with van der Waals surface area (Å²) < 4.78 is 38.0. The molecule has 1 aliphatic rings. The maximum atomic E-state index is 13.1. The first-order chi connectivity index (χ1) is 14.4. The van der Waals surface area contributed by atoms with Crippen LogP contribution in [0.4, 0.5) is 5.69 Å². The topological polar surface area (TPSA) is 84.9 Å². The van der Waals surface area contributed by atoms with E-state index in [1.807, 2.05) is 0 Å². The molecule has 30 heavy (non-hydrogen) atoms. The van der Waals surface area contributed by atoms with E-state index in [2.05, 4.69) is 5.32 Å². The van der Waals surface area contributed by atoms with Gasteiger partial charge in [0, 0.05) is 24.8 Å². The second kappa shape index (κ2) is 9.68. The molecule has 2 aromatic rings. The molecule has 1 aliphatic heterocycles. The maximum absolute atomic E-state index is 13.1. The Morgan fingerprint density at radius 1 is 0.967 bits per heavy atom. The molecule has 1 heterocycles. The zero-order valence-corrected chi connectivity index (χ0v) is 18.6. The first-order valence-corrected chi connectivity index (χ1v) is 11.5. The highest BCUT2D eigenvalue weighted by atomic mass is 35.5. The smallest absolute Gasteiger partial charge is 0.257 e. The van der Waals surface area contributed by atoms with E-state index >= 15 is 0 Å². The molecule has 0 radical (unpaired) electrons. The van der Waals surface area contributed by atoms with Crippen molar-refractivity contribution in [3.63, 3.8) is 0 Å². The summed E-state index contributed by atoms with van der Waals surface area (Å²) in [4.78, 5) is 12.9. The van der Waals surface area contributed by atoms with Crippen molar-refractivity contribution in [2.45, 2.75) is 30.6 Å². The number of rotatable bonds is 6. The average Bonchev–Trinajstić information content (AvgIpc) is 3.04. The second-order valence-corrected chi connectivity index (χ2v) is 9.33. The van der Waals surface area contributed by atoms with Crippen LogP contribution in [0.1, 0.15) is 36.0 Å². The molecule has 0 bridgehead atoms. The number of nitrogens with zero attached hydrogens (tertiary/aromatic N) is 1. The molecule has 0 aliphatic carbocycles. The number of hydrogen-bond acceptors (Lipinski definition) is 5. The monoisotopic (exact) mass is 452 g/mol. The lowest BCUT2D eigenvalue weighted by Crippen LogP contribution is -2.32. The van der Waals surface area contributed by atoms with Gasteiger partial charge in [-0.2, -0.15) is 4.31 Å². The molecule has 0 spiro atoms. The summed E-state index contributed by atoms with van der Waals surface area (Å²) in [5, 5.41) is 2.90. The number of hydrogen-bond donors (Lipinski definition) is 1. The first kappa shape index (κ1) is 22.4. The van der Waals surface area contributed by atoms with E-state index in [-0.39, 0.29) is 15.5 Å². The van der Waals surface area contributed by atoms with Crippen LogP contribution in [0.15, 0.2) is 41.3 Å². The van der Waals surface area contributed by atoms with Gasteiger partial charge in [-0.3, -0.25) is 4.79 Å². The van der Waals surface area contributed by atoms with Crippen LogP contribution in [-0.2, 0) is 10.0 Å². The van der Waals surface area contributed by atoms with Crippen LogP contribution in [0.25, 0.3) is 0 Å². The van der Waals surface area contributed by atoms with Gasteiger partial charge in [0.05, 0.1) is 29.7 Å². The number of anilines is 1. The summed E-state index contributed by atoms with van der Waals surface area (Å²) >= 11 is 6.21. The van der Waals surface area contributed by atoms with E-state index in [0.717, 1.165) is 25.7 Å². The Balaban J connectivity index is 1.87. The quantitative estimate of drug-likeness (QED) is 0.710. The Bertz CT molecular complexity index is 1020. The number of ether oxygens (including phenoxy) is 2. The van der Waals surface area contributed by atoms with Crippen molar-refractivity contribution >= 4 is 33.2 Å². The highest BCUT2D eigenvalue weighted by Crippen LogP contribution is 2.31. The lowest BCUT2D eigenvalue weighted by molar-refractivity contribution is 0.102. The fourth-order valence-electron chi connectivity index (χ4n) is 3.38. The summed E-state index contributed by atoms with van der Waals surface area (Å²) in [6.07, 6.45) is 3.70. The fraction of sp³-hybridized carbons (Fsp3) is 0.381. The molecular weight excluding hydrogens is 428 g/mol. The van der Waals surface area contributed by atoms with Crippen molar-refractivity contribution in [2.24, 2.45) is 0 Å². The van der Waals surface area contributed by atoms with E-state index in [9.17, 15) is 13.2 Å². The second-order valence-electron chi connectivity index (χ2n) is 6.98. The number of benzene rings is 2. The summed E-state index contributed by atoms with van der Waals surface area (Å²) in [5.41, 5.74) is 0.553. The molecule has 0 unspecified atom stereocenters. The van der Waals surface area contributed by atoms with E-state index < -0.39 is 15.9 Å². The number of halogens is 1. The molecule has 162 valence electrons. The van der Waals surface area contributed by atoms with Crippen molar-refractivity contribution in [2.75, 3.05) is 32.6 Å². The number of methoxy groups -OCH3 is 2. The standard InChI is InChI=1S/C21H25ClN2O5S/c1-28-19-10-7-15(13-20(19)29-2)23-21(25)17-14-16(8-9-18(17)22)30(26,27)24-11-5-3-4-6-12-24/h7-10,13-14H,3-6,11-12H2,1-2H3,(H,23,25). The fourth-order valence-corrected chi connectivity index (χ4v) is 5.13. The van der Waals surface area contributed by atoms with Crippen LogP contribution in [-0.4, -0.2) is 45.9 Å². The Kier molecular flexibility index (Phi) is 7.23. The van der Waals surface area contributed by atoms with Gasteiger partial charge in [0.1, 0.15) is 0 Å². The summed E-state index contributed by atoms with van der Waals surface area (Å²) in [6, 6.07) is 9.15. The van der Waals surface area contributed by atoms with Gasteiger partial charge in [-0.15, -0.1) is 0 Å². The minimum atomic E-state index is -3.69. The van der Waals surface area contributed by atoms with Crippen molar-refractivity contribution in [1.82, 2.24) is 4.31 Å². The zero-order valence-electron chi connectivity index (χ0n) is 17.0. The van der Waals surface area contributed by atoms with Crippen LogP contribution in [0.2, 0.25) is 5.02 Å². The third kappa shape index (κ3) is 4.88. The van der Waals surface area contributed by atoms with Crippen LogP contribution < -0.4 is 14.8 Å². The minimum Gasteiger partial charge on any atom is -0.493 e. The Morgan fingerprint density at radius 2 is 1.63 bits per heavy atom. The molecule has 0 saturated carbocycles. The number of sulfonamides is 1. The highest BCUT2D eigenvalue weighted by Gasteiger charge is 2.26. The number of nitrogens with one attached hydrogen (secondary N) is 1. The number of carbonyl (C=O) groups excluding carboxylic acids is 1. The molecule has 9 heteroatoms. The number of carbonyl (C=O) groups is 1. The largest absolute Gasteiger partial charge is 0.493 e. The summed E-state index contributed by atoms with van der Waals surface area (Å²) in [7, 11) is -0.675. The summed E-state index contributed by atoms with van der Waals surface area (Å²) in [5.74, 6) is 0.470. The average molecular weight is 453 g/mol. The van der Waals surface area contributed by atoms with Crippen LogP contribution in [0.3, 0.4) is 0 Å². The predicted molar refractivity (Wildman–Crippen MR) is 116 cm³/mol. The lowest BCUT2D eigenvalue weighted by atomic mass is 10.2. The lowest BCUT2D eigenvalue weighted by Gasteiger charge is -2.20. The van der Waals surface area contributed by atoms with Gasteiger partial charge in [0.15, 0.2) is 11.5 Å². The van der Waals surface area contributed by atoms with Gasteiger partial charge in [0.2, 0.25) is 10.0 Å². The van der Waals surface area contributed by atoms with Gasteiger partial charge in [-0.1, -0.05) is 24.4 Å². The van der Waals surface area contributed by atoms with Crippen molar-refractivity contribution < 1.29 is 22.7 Å². The molecule has 1 amide bonds. The Labute approximate surface area is 182 Å². The van der Waals surface area contributed by atoms with Crippen molar-refractivity contribution in [1.29, 1.82) is 0 Å². The maximum Gasteiger partial charge on any atom is 0.257 e. The van der Waals surface area contributed by atoms with E-state index in [1.165, 1.54) is 36.7 Å². The van der Waals surface area contributed by atoms with Crippen LogP contribution in [0.5, 0.6) is 11.5 Å². The van der Waals surface area contributed by atoms with E-state index in [1.54, 1.807) is 18.2 Å². The molecule has 7 nitrogen and oxygen atoms in total. The van der Waals surface area contributed by atoms with E-state index in [0.29, 0.717) is 30.3 Å². The normalized spacial score (nSPS) is 15.3. The molecule has 0 aromatic heterocycles. The molecular formula is C21H25ClN2O5S. The SMILES string of the molecule is COc1ccc(NC(=O)c2cc(S(=O)(=O)N3CCCCCC3)ccc2Cl)cc1OC. The van der Waals surface area contributed by atoms with Crippen molar-refractivity contribution in [3.05, 3.63) is 47.0 Å². The van der Waals surface area contributed by atoms with Gasteiger partial charge in [-0.05, 0) is 43.2 Å². The molecule has 1 fully saturated rings. The Hall–Kier alpha value is -2.29. The molecule has 3 rings (SSSR count). The van der Waals surface area contributed by atoms with Gasteiger partial charge >= 0.3 is 0 Å². The molecule has 1 saturated heterocycles. The number of amides is 1. The molecule has 2 aromatic carbocycles. The first-order valence-electron chi connectivity index (χ1n) is 9.70. The third-order valence-corrected chi connectivity index (χ3v) is 7.25. The van der Waals surface area contributed by atoms with E-state index in [4.69, 9.17) is 21.1 Å². The summed E-state index contributed by atoms with van der Waals surface area (Å²) in [6.45, 7) is 0.969. The molecule has 1 N–H and O–H groups in total. The third-order valence-electron chi connectivity index (χ3n) is 5.03. The van der Waals surface area contributed by atoms with Gasteiger partial charge in [-0.25, -0.2) is 8.42 Å². The Morgan fingerprint density at radius 3 is 2.27 bits per heavy atom. The highest BCUT2D eigenvalue weighted by molar-refractivity contribution is 7.89. The van der Waals surface area contributed by atoms with Gasteiger partial charge in [0.25, 0.3) is 5.91 Å². The van der Waals surface area contributed by atoms with Crippen molar-refractivity contribution in [3.8, 4) is 11.5 Å². The molecule has 0 atom stereocenters. The zero-order chi connectivity index (χ0) is 21.7. The predicted octanol–water partition coefficient (Wildman–Crippen LogP) is 4.17.